The molecule has 4 nitrogen and oxygen atoms in total. The van der Waals surface area contributed by atoms with Gasteiger partial charge in [-0.2, -0.15) is 0 Å². The molecule has 23 heavy (non-hydrogen) atoms. The van der Waals surface area contributed by atoms with Crippen molar-refractivity contribution in [1.29, 1.82) is 0 Å². The zero-order chi connectivity index (χ0) is 15.6. The molecular weight excluding hydrogens is 308 g/mol. The lowest BCUT2D eigenvalue weighted by atomic mass is 10.1. The van der Waals surface area contributed by atoms with Crippen LogP contribution in [-0.2, 0) is 6.54 Å². The summed E-state index contributed by atoms with van der Waals surface area (Å²) in [7, 11) is 0. The summed E-state index contributed by atoms with van der Waals surface area (Å²) in [5, 5.41) is 4.16. The maximum absolute atomic E-state index is 6.03. The van der Waals surface area contributed by atoms with Crippen molar-refractivity contribution in [2.24, 2.45) is 0 Å². The van der Waals surface area contributed by atoms with Crippen LogP contribution in [0.4, 0.5) is 0 Å². The van der Waals surface area contributed by atoms with Crippen molar-refractivity contribution in [3.05, 3.63) is 59.4 Å². The summed E-state index contributed by atoms with van der Waals surface area (Å²) in [6.45, 7) is 5.14. The van der Waals surface area contributed by atoms with Gasteiger partial charge in [-0.3, -0.25) is 4.90 Å². The molecule has 0 bridgehead atoms. The molecule has 1 aliphatic rings. The Morgan fingerprint density at radius 2 is 1.83 bits per heavy atom. The molecule has 3 aromatic rings. The molecule has 0 radical (unpaired) electrons. The fourth-order valence-corrected chi connectivity index (χ4v) is 3.24. The van der Waals surface area contributed by atoms with Crippen molar-refractivity contribution in [1.82, 2.24) is 19.6 Å². The zero-order valence-electron chi connectivity index (χ0n) is 12.9. The van der Waals surface area contributed by atoms with Crippen molar-refractivity contribution in [2.45, 2.75) is 6.54 Å². The lowest BCUT2D eigenvalue weighted by Crippen LogP contribution is -2.43. The number of aromatic nitrogens is 2. The highest BCUT2D eigenvalue weighted by Gasteiger charge is 2.18. The SMILES string of the molecule is Clc1ccc(-c2nc3ccccn3c2CN2CCNCC2)cc1. The molecule has 2 aromatic heterocycles. The molecule has 1 fully saturated rings. The van der Waals surface area contributed by atoms with Gasteiger partial charge in [0.25, 0.3) is 0 Å². The highest BCUT2D eigenvalue weighted by molar-refractivity contribution is 6.30. The van der Waals surface area contributed by atoms with Crippen LogP contribution >= 0.6 is 11.6 Å². The van der Waals surface area contributed by atoms with Gasteiger partial charge >= 0.3 is 0 Å². The molecule has 1 saturated heterocycles. The molecule has 0 saturated carbocycles. The average molecular weight is 327 g/mol. The number of hydrogen-bond donors (Lipinski definition) is 1. The number of benzene rings is 1. The van der Waals surface area contributed by atoms with E-state index < -0.39 is 0 Å². The molecule has 1 N–H and O–H groups in total. The van der Waals surface area contributed by atoms with Crippen molar-refractivity contribution < 1.29 is 0 Å². The summed E-state index contributed by atoms with van der Waals surface area (Å²) in [5.74, 6) is 0. The van der Waals surface area contributed by atoms with Crippen LogP contribution in [0.1, 0.15) is 5.69 Å². The highest BCUT2D eigenvalue weighted by Crippen LogP contribution is 2.27. The second-order valence-corrected chi connectivity index (χ2v) is 6.31. The summed E-state index contributed by atoms with van der Waals surface area (Å²) in [5.41, 5.74) is 4.39. The van der Waals surface area contributed by atoms with E-state index in [2.05, 4.69) is 32.9 Å². The van der Waals surface area contributed by atoms with Crippen molar-refractivity contribution in [2.75, 3.05) is 26.2 Å². The van der Waals surface area contributed by atoms with Crippen LogP contribution in [0.2, 0.25) is 5.02 Å². The number of pyridine rings is 1. The fraction of sp³-hybridized carbons (Fsp3) is 0.278. The Kier molecular flexibility index (Phi) is 4.04. The summed E-state index contributed by atoms with van der Waals surface area (Å²) in [6, 6.07) is 14.1. The zero-order valence-corrected chi connectivity index (χ0v) is 13.6. The van der Waals surface area contributed by atoms with E-state index in [4.69, 9.17) is 16.6 Å². The second kappa shape index (κ2) is 6.32. The number of nitrogens with one attached hydrogen (secondary N) is 1. The van der Waals surface area contributed by atoms with Gasteiger partial charge in [-0.05, 0) is 24.3 Å². The molecule has 5 heteroatoms. The second-order valence-electron chi connectivity index (χ2n) is 5.87. The Hall–Kier alpha value is -1.88. The molecule has 1 aromatic carbocycles. The Balaban J connectivity index is 1.79. The molecule has 3 heterocycles. The van der Waals surface area contributed by atoms with E-state index in [0.717, 1.165) is 54.7 Å². The molecule has 0 spiro atoms. The third kappa shape index (κ3) is 2.98. The van der Waals surface area contributed by atoms with E-state index >= 15 is 0 Å². The highest BCUT2D eigenvalue weighted by atomic mass is 35.5. The quantitative estimate of drug-likeness (QED) is 0.803. The van der Waals surface area contributed by atoms with E-state index in [-0.39, 0.29) is 0 Å². The first-order valence-corrected chi connectivity index (χ1v) is 8.34. The summed E-state index contributed by atoms with van der Waals surface area (Å²) in [4.78, 5) is 7.33. The Morgan fingerprint density at radius 1 is 1.04 bits per heavy atom. The van der Waals surface area contributed by atoms with Gasteiger partial charge in [0.15, 0.2) is 0 Å². The smallest absolute Gasteiger partial charge is 0.137 e. The van der Waals surface area contributed by atoms with Crippen LogP contribution in [0, 0.1) is 0 Å². The summed E-state index contributed by atoms with van der Waals surface area (Å²) >= 11 is 6.03. The van der Waals surface area contributed by atoms with Gasteiger partial charge in [-0.15, -0.1) is 0 Å². The van der Waals surface area contributed by atoms with Crippen LogP contribution in [0.3, 0.4) is 0 Å². The number of piperazine rings is 1. The fourth-order valence-electron chi connectivity index (χ4n) is 3.12. The minimum absolute atomic E-state index is 0.751. The molecule has 0 amide bonds. The topological polar surface area (TPSA) is 32.6 Å². The number of imidazole rings is 1. The van der Waals surface area contributed by atoms with Crippen LogP contribution in [0.25, 0.3) is 16.9 Å². The average Bonchev–Trinajstić information content (AvgIpc) is 2.95. The van der Waals surface area contributed by atoms with Gasteiger partial charge in [-0.25, -0.2) is 4.98 Å². The lowest BCUT2D eigenvalue weighted by Gasteiger charge is -2.27. The first-order valence-electron chi connectivity index (χ1n) is 7.96. The summed E-state index contributed by atoms with van der Waals surface area (Å²) in [6.07, 6.45) is 2.10. The molecule has 0 unspecified atom stereocenters. The van der Waals surface area contributed by atoms with E-state index in [9.17, 15) is 0 Å². The van der Waals surface area contributed by atoms with Crippen molar-refractivity contribution >= 4 is 17.2 Å². The lowest BCUT2D eigenvalue weighted by molar-refractivity contribution is 0.230. The maximum atomic E-state index is 6.03. The predicted molar refractivity (Wildman–Crippen MR) is 93.8 cm³/mol. The number of rotatable bonds is 3. The van der Waals surface area contributed by atoms with Crippen LogP contribution < -0.4 is 5.32 Å². The van der Waals surface area contributed by atoms with Gasteiger partial charge in [0.2, 0.25) is 0 Å². The van der Waals surface area contributed by atoms with E-state index in [1.54, 1.807) is 0 Å². The van der Waals surface area contributed by atoms with Gasteiger partial charge in [-0.1, -0.05) is 29.8 Å². The number of nitrogens with zero attached hydrogens (tertiary/aromatic N) is 3. The first kappa shape index (κ1) is 14.7. The van der Waals surface area contributed by atoms with Crippen molar-refractivity contribution in [3.8, 4) is 11.3 Å². The standard InChI is InChI=1S/C18H19ClN4/c19-15-6-4-14(5-7-15)18-16(13-22-11-8-20-9-12-22)23-10-2-1-3-17(23)21-18/h1-7,10,20H,8-9,11-13H2. The Labute approximate surface area is 140 Å². The molecule has 0 atom stereocenters. The number of halogens is 1. The Bertz CT molecular complexity index is 804. The van der Waals surface area contributed by atoms with Crippen molar-refractivity contribution in [3.63, 3.8) is 0 Å². The minimum atomic E-state index is 0.751. The largest absolute Gasteiger partial charge is 0.314 e. The van der Waals surface area contributed by atoms with Gasteiger partial charge in [0, 0.05) is 49.5 Å². The van der Waals surface area contributed by atoms with Gasteiger partial charge < -0.3 is 9.72 Å². The maximum Gasteiger partial charge on any atom is 0.137 e. The van der Waals surface area contributed by atoms with Gasteiger partial charge in [0.05, 0.1) is 11.4 Å². The molecular formula is C18H19ClN4. The minimum Gasteiger partial charge on any atom is -0.314 e. The molecule has 0 aliphatic carbocycles. The molecule has 118 valence electrons. The third-order valence-corrected chi connectivity index (χ3v) is 4.58. The van der Waals surface area contributed by atoms with Crippen LogP contribution in [-0.4, -0.2) is 40.5 Å². The molecule has 4 rings (SSSR count). The summed E-state index contributed by atoms with van der Waals surface area (Å²) < 4.78 is 2.20. The van der Waals surface area contributed by atoms with E-state index in [1.165, 1.54) is 5.69 Å². The Morgan fingerprint density at radius 3 is 2.61 bits per heavy atom. The number of fused-ring (bicyclic) bond motifs is 1. The van der Waals surface area contributed by atoms with E-state index in [0.29, 0.717) is 0 Å². The first-order chi connectivity index (χ1) is 11.3. The van der Waals surface area contributed by atoms with Crippen LogP contribution in [0.5, 0.6) is 0 Å². The van der Waals surface area contributed by atoms with Crippen LogP contribution in [0.15, 0.2) is 48.7 Å². The van der Waals surface area contributed by atoms with Gasteiger partial charge in [0.1, 0.15) is 5.65 Å². The third-order valence-electron chi connectivity index (χ3n) is 4.33. The van der Waals surface area contributed by atoms with E-state index in [1.807, 2.05) is 30.3 Å². The molecule has 1 aliphatic heterocycles. The normalized spacial score (nSPS) is 16.0. The number of hydrogen-bond acceptors (Lipinski definition) is 3. The monoisotopic (exact) mass is 326 g/mol. The predicted octanol–water partition coefficient (Wildman–Crippen LogP) is 3.06.